The summed E-state index contributed by atoms with van der Waals surface area (Å²) in [6.07, 6.45) is 2.59. The zero-order valence-electron chi connectivity index (χ0n) is 17.7. The van der Waals surface area contributed by atoms with Crippen LogP contribution in [0.3, 0.4) is 0 Å². The number of carbonyl (C=O) groups excluding carboxylic acids is 2. The summed E-state index contributed by atoms with van der Waals surface area (Å²) < 4.78 is 19.6. The van der Waals surface area contributed by atoms with Crippen LogP contribution in [0.2, 0.25) is 0 Å². The number of nitrogens with zero attached hydrogens (tertiary/aromatic N) is 2. The Bertz CT molecular complexity index is 1020. The first-order chi connectivity index (χ1) is 15.0. The van der Waals surface area contributed by atoms with E-state index < -0.39 is 11.9 Å². The summed E-state index contributed by atoms with van der Waals surface area (Å²) in [4.78, 5) is 31.2. The molecule has 1 aromatic heterocycles. The van der Waals surface area contributed by atoms with Crippen LogP contribution in [0.15, 0.2) is 65.2 Å². The second kappa shape index (κ2) is 10.5. The lowest BCUT2D eigenvalue weighted by Gasteiger charge is -2.28. The van der Waals surface area contributed by atoms with Crippen molar-refractivity contribution < 1.29 is 18.4 Å². The van der Waals surface area contributed by atoms with E-state index in [2.05, 4.69) is 10.3 Å². The summed E-state index contributed by atoms with van der Waals surface area (Å²) in [6.45, 7) is 4.14. The fourth-order valence-corrected chi connectivity index (χ4v) is 3.25. The Kier molecular flexibility index (Phi) is 7.54. The molecule has 1 unspecified atom stereocenters. The van der Waals surface area contributed by atoms with Gasteiger partial charge < -0.3 is 14.6 Å². The molecule has 3 aromatic rings. The molecule has 1 heterocycles. The number of carbonyl (C=O) groups is 2. The zero-order chi connectivity index (χ0) is 22.2. The maximum Gasteiger partial charge on any atom is 0.246 e. The maximum absolute atomic E-state index is 13.9. The Hall–Kier alpha value is -3.48. The highest BCUT2D eigenvalue weighted by molar-refractivity contribution is 5.96. The minimum atomic E-state index is -0.619. The summed E-state index contributed by atoms with van der Waals surface area (Å²) in [5.74, 6) is -0.131. The van der Waals surface area contributed by atoms with Gasteiger partial charge in [0.25, 0.3) is 0 Å². The Morgan fingerprint density at radius 3 is 2.55 bits per heavy atom. The number of aryl methyl sites for hydroxylation is 1. The highest BCUT2D eigenvalue weighted by Crippen LogP contribution is 2.23. The summed E-state index contributed by atoms with van der Waals surface area (Å²) in [6, 6.07) is 14.8. The molecule has 0 saturated carbocycles. The standard InChI is InChI=1S/C24H26FN3O3/c1-3-15-28(17(2)24(30)27-18-9-5-4-6-10-18)23(29)14-13-22-26-16-21(31-22)19-11-7-8-12-20(19)25/h4-12,16-17H,3,13-15H2,1-2H3,(H,27,30). The minimum absolute atomic E-state index is 0.139. The molecule has 31 heavy (non-hydrogen) atoms. The molecular weight excluding hydrogens is 397 g/mol. The zero-order valence-corrected chi connectivity index (χ0v) is 17.7. The van der Waals surface area contributed by atoms with E-state index in [0.717, 1.165) is 6.42 Å². The van der Waals surface area contributed by atoms with Gasteiger partial charge in [0.1, 0.15) is 11.9 Å². The SMILES string of the molecule is CCCN(C(=O)CCc1ncc(-c2ccccc2F)o1)C(C)C(=O)Nc1ccccc1. The molecule has 0 radical (unpaired) electrons. The Morgan fingerprint density at radius 2 is 1.84 bits per heavy atom. The van der Waals surface area contributed by atoms with Crippen molar-refractivity contribution in [1.29, 1.82) is 0 Å². The van der Waals surface area contributed by atoms with Crippen LogP contribution in [0.4, 0.5) is 10.1 Å². The lowest BCUT2D eigenvalue weighted by molar-refractivity contribution is -0.138. The van der Waals surface area contributed by atoms with Crippen LogP contribution in [-0.4, -0.2) is 34.3 Å². The normalized spacial score (nSPS) is 11.7. The largest absolute Gasteiger partial charge is 0.441 e. The lowest BCUT2D eigenvalue weighted by atomic mass is 10.2. The number of aromatic nitrogens is 1. The van der Waals surface area contributed by atoms with Gasteiger partial charge in [-0.3, -0.25) is 9.59 Å². The fourth-order valence-electron chi connectivity index (χ4n) is 3.25. The molecular formula is C24H26FN3O3. The Labute approximate surface area is 181 Å². The second-order valence-electron chi connectivity index (χ2n) is 7.22. The molecule has 0 aliphatic carbocycles. The van der Waals surface area contributed by atoms with E-state index in [0.29, 0.717) is 29.4 Å². The first-order valence-electron chi connectivity index (χ1n) is 10.3. The number of para-hydroxylation sites is 1. The molecule has 0 aliphatic heterocycles. The Balaban J connectivity index is 1.61. The molecule has 1 atom stereocenters. The predicted octanol–water partition coefficient (Wildman–Crippen LogP) is 4.68. The number of nitrogens with one attached hydrogen (secondary N) is 1. The third kappa shape index (κ3) is 5.78. The molecule has 1 N–H and O–H groups in total. The van der Waals surface area contributed by atoms with E-state index in [4.69, 9.17) is 4.42 Å². The summed E-state index contributed by atoms with van der Waals surface area (Å²) in [5, 5.41) is 2.84. The molecule has 3 rings (SSSR count). The van der Waals surface area contributed by atoms with Gasteiger partial charge in [0.15, 0.2) is 11.7 Å². The monoisotopic (exact) mass is 423 g/mol. The van der Waals surface area contributed by atoms with Gasteiger partial charge >= 0.3 is 0 Å². The summed E-state index contributed by atoms with van der Waals surface area (Å²) in [7, 11) is 0. The van der Waals surface area contributed by atoms with Gasteiger partial charge in [-0.05, 0) is 37.6 Å². The van der Waals surface area contributed by atoms with Crippen molar-refractivity contribution in [3.63, 3.8) is 0 Å². The Morgan fingerprint density at radius 1 is 1.13 bits per heavy atom. The molecule has 6 nitrogen and oxygen atoms in total. The number of halogens is 1. The molecule has 2 amide bonds. The number of amides is 2. The molecule has 162 valence electrons. The fraction of sp³-hybridized carbons (Fsp3) is 0.292. The third-order valence-electron chi connectivity index (χ3n) is 4.92. The molecule has 2 aromatic carbocycles. The average molecular weight is 423 g/mol. The smallest absolute Gasteiger partial charge is 0.246 e. The van der Waals surface area contributed by atoms with Crippen molar-refractivity contribution in [3.05, 3.63) is 72.5 Å². The number of benzene rings is 2. The van der Waals surface area contributed by atoms with Crippen LogP contribution in [0.5, 0.6) is 0 Å². The predicted molar refractivity (Wildman–Crippen MR) is 117 cm³/mol. The number of hydrogen-bond donors (Lipinski definition) is 1. The molecule has 0 spiro atoms. The van der Waals surface area contributed by atoms with E-state index in [9.17, 15) is 14.0 Å². The van der Waals surface area contributed by atoms with Crippen molar-refractivity contribution in [2.24, 2.45) is 0 Å². The first kappa shape index (κ1) is 22.2. The van der Waals surface area contributed by atoms with Crippen LogP contribution >= 0.6 is 0 Å². The van der Waals surface area contributed by atoms with Gasteiger partial charge in [0, 0.05) is 25.1 Å². The summed E-state index contributed by atoms with van der Waals surface area (Å²) in [5.41, 5.74) is 1.01. The average Bonchev–Trinajstić information content (AvgIpc) is 3.25. The van der Waals surface area contributed by atoms with Crippen LogP contribution in [0.25, 0.3) is 11.3 Å². The number of anilines is 1. The van der Waals surface area contributed by atoms with E-state index in [1.54, 1.807) is 42.2 Å². The number of rotatable bonds is 9. The molecule has 0 aliphatic rings. The van der Waals surface area contributed by atoms with E-state index in [1.807, 2.05) is 25.1 Å². The van der Waals surface area contributed by atoms with E-state index in [-0.39, 0.29) is 24.7 Å². The van der Waals surface area contributed by atoms with Gasteiger partial charge in [0.05, 0.1) is 11.8 Å². The molecule has 0 fully saturated rings. The van der Waals surface area contributed by atoms with Crippen LogP contribution in [-0.2, 0) is 16.0 Å². The third-order valence-corrected chi connectivity index (χ3v) is 4.92. The lowest BCUT2D eigenvalue weighted by Crippen LogP contribution is -2.46. The van der Waals surface area contributed by atoms with Gasteiger partial charge in [-0.1, -0.05) is 37.3 Å². The van der Waals surface area contributed by atoms with Crippen molar-refractivity contribution in [1.82, 2.24) is 9.88 Å². The molecule has 7 heteroatoms. The van der Waals surface area contributed by atoms with Crippen LogP contribution < -0.4 is 5.32 Å². The topological polar surface area (TPSA) is 75.4 Å². The van der Waals surface area contributed by atoms with Crippen LogP contribution in [0, 0.1) is 5.82 Å². The highest BCUT2D eigenvalue weighted by atomic mass is 19.1. The van der Waals surface area contributed by atoms with Crippen molar-refractivity contribution in [2.45, 2.75) is 39.2 Å². The number of oxazole rings is 1. The maximum atomic E-state index is 13.9. The van der Waals surface area contributed by atoms with Gasteiger partial charge in [-0.2, -0.15) is 0 Å². The van der Waals surface area contributed by atoms with Gasteiger partial charge in [-0.15, -0.1) is 0 Å². The summed E-state index contributed by atoms with van der Waals surface area (Å²) >= 11 is 0. The number of hydrogen-bond acceptors (Lipinski definition) is 4. The van der Waals surface area contributed by atoms with E-state index >= 15 is 0 Å². The van der Waals surface area contributed by atoms with Crippen LogP contribution in [0.1, 0.15) is 32.6 Å². The first-order valence-corrected chi connectivity index (χ1v) is 10.3. The van der Waals surface area contributed by atoms with E-state index in [1.165, 1.54) is 12.3 Å². The van der Waals surface area contributed by atoms with Gasteiger partial charge in [-0.25, -0.2) is 9.37 Å². The van der Waals surface area contributed by atoms with Crippen molar-refractivity contribution in [2.75, 3.05) is 11.9 Å². The quantitative estimate of drug-likeness (QED) is 0.542. The highest BCUT2D eigenvalue weighted by Gasteiger charge is 2.25. The minimum Gasteiger partial charge on any atom is -0.441 e. The molecule has 0 bridgehead atoms. The van der Waals surface area contributed by atoms with Gasteiger partial charge in [0.2, 0.25) is 11.8 Å². The van der Waals surface area contributed by atoms with Crippen molar-refractivity contribution in [3.8, 4) is 11.3 Å². The second-order valence-corrected chi connectivity index (χ2v) is 7.22. The molecule has 0 saturated heterocycles. The van der Waals surface area contributed by atoms with Crippen molar-refractivity contribution >= 4 is 17.5 Å².